The molecule has 0 radical (unpaired) electrons. The fraction of sp³-hybridized carbons (Fsp3) is 0.462. The van der Waals surface area contributed by atoms with Crippen molar-refractivity contribution in [2.75, 3.05) is 20.2 Å². The van der Waals surface area contributed by atoms with Crippen LogP contribution >= 0.6 is 11.6 Å². The Bertz CT molecular complexity index is 414. The molecule has 0 aromatic heterocycles. The smallest absolute Gasteiger partial charge is 0.257 e. The molecule has 0 aliphatic carbocycles. The lowest BCUT2D eigenvalue weighted by Crippen LogP contribution is -2.30. The minimum Gasteiger partial charge on any atom is -0.496 e. The summed E-state index contributed by atoms with van der Waals surface area (Å²) in [4.78, 5) is 14.0. The summed E-state index contributed by atoms with van der Waals surface area (Å²) in [5.74, 6) is 0.504. The number of carbonyl (C=O) groups excluding carboxylic acids is 1. The summed E-state index contributed by atoms with van der Waals surface area (Å²) in [6, 6.07) is 3.47. The van der Waals surface area contributed by atoms with Crippen LogP contribution in [0.3, 0.4) is 0 Å². The SMILES string of the molecule is CCN(CC)C(=O)c1cc(C)c(Cl)cc1OC. The van der Waals surface area contributed by atoms with Crippen molar-refractivity contribution in [3.05, 3.63) is 28.3 Å². The van der Waals surface area contributed by atoms with Gasteiger partial charge in [0.1, 0.15) is 5.75 Å². The van der Waals surface area contributed by atoms with E-state index >= 15 is 0 Å². The maximum atomic E-state index is 12.3. The van der Waals surface area contributed by atoms with Crippen LogP contribution in [0.2, 0.25) is 5.02 Å². The van der Waals surface area contributed by atoms with E-state index in [1.807, 2.05) is 20.8 Å². The number of hydrogen-bond acceptors (Lipinski definition) is 2. The van der Waals surface area contributed by atoms with Crippen molar-refractivity contribution >= 4 is 17.5 Å². The van der Waals surface area contributed by atoms with Crippen LogP contribution in [0, 0.1) is 6.92 Å². The van der Waals surface area contributed by atoms with Gasteiger partial charge in [0.05, 0.1) is 12.7 Å². The Morgan fingerprint density at radius 3 is 2.41 bits per heavy atom. The summed E-state index contributed by atoms with van der Waals surface area (Å²) >= 11 is 6.01. The van der Waals surface area contributed by atoms with Crippen molar-refractivity contribution in [1.82, 2.24) is 4.90 Å². The Balaban J connectivity index is 3.20. The molecule has 0 heterocycles. The Labute approximate surface area is 107 Å². The van der Waals surface area contributed by atoms with E-state index in [-0.39, 0.29) is 5.91 Å². The van der Waals surface area contributed by atoms with E-state index in [2.05, 4.69) is 0 Å². The normalized spacial score (nSPS) is 10.2. The zero-order valence-corrected chi connectivity index (χ0v) is 11.5. The molecule has 1 amide bonds. The van der Waals surface area contributed by atoms with Gasteiger partial charge in [0.25, 0.3) is 5.91 Å². The number of hydrogen-bond donors (Lipinski definition) is 0. The lowest BCUT2D eigenvalue weighted by molar-refractivity contribution is 0.0769. The molecule has 94 valence electrons. The Morgan fingerprint density at radius 1 is 1.35 bits per heavy atom. The second kappa shape index (κ2) is 5.92. The molecule has 4 heteroatoms. The van der Waals surface area contributed by atoms with Gasteiger partial charge in [-0.05, 0) is 38.5 Å². The number of carbonyl (C=O) groups is 1. The van der Waals surface area contributed by atoms with E-state index in [0.717, 1.165) is 5.56 Å². The molecule has 1 aromatic carbocycles. The first-order chi connectivity index (χ1) is 8.04. The van der Waals surface area contributed by atoms with Crippen molar-refractivity contribution in [2.45, 2.75) is 20.8 Å². The van der Waals surface area contributed by atoms with Crippen molar-refractivity contribution in [2.24, 2.45) is 0 Å². The van der Waals surface area contributed by atoms with Crippen molar-refractivity contribution in [3.63, 3.8) is 0 Å². The number of ether oxygens (including phenoxy) is 1. The predicted molar refractivity (Wildman–Crippen MR) is 70.0 cm³/mol. The molecule has 0 unspecified atom stereocenters. The fourth-order valence-corrected chi connectivity index (χ4v) is 1.83. The van der Waals surface area contributed by atoms with Gasteiger partial charge in [-0.25, -0.2) is 0 Å². The molecular formula is C13H18ClNO2. The van der Waals surface area contributed by atoms with Crippen molar-refractivity contribution in [3.8, 4) is 5.75 Å². The lowest BCUT2D eigenvalue weighted by Gasteiger charge is -2.20. The Hall–Kier alpha value is -1.22. The summed E-state index contributed by atoms with van der Waals surface area (Å²) in [5, 5.41) is 0.609. The Kier molecular flexibility index (Phi) is 4.82. The number of halogens is 1. The number of benzene rings is 1. The van der Waals surface area contributed by atoms with Gasteiger partial charge in [0.15, 0.2) is 0 Å². The van der Waals surface area contributed by atoms with Gasteiger partial charge in [0.2, 0.25) is 0 Å². The highest BCUT2D eigenvalue weighted by Gasteiger charge is 2.18. The van der Waals surface area contributed by atoms with E-state index in [9.17, 15) is 4.79 Å². The fourth-order valence-electron chi connectivity index (χ4n) is 1.68. The zero-order chi connectivity index (χ0) is 13.0. The van der Waals surface area contributed by atoms with Crippen LogP contribution in [0.5, 0.6) is 5.75 Å². The molecule has 0 N–H and O–H groups in total. The van der Waals surface area contributed by atoms with E-state index in [4.69, 9.17) is 16.3 Å². The highest BCUT2D eigenvalue weighted by atomic mass is 35.5. The minimum absolute atomic E-state index is 0.0217. The average molecular weight is 256 g/mol. The molecule has 0 fully saturated rings. The molecule has 0 aliphatic heterocycles. The Morgan fingerprint density at radius 2 is 1.94 bits per heavy atom. The van der Waals surface area contributed by atoms with E-state index in [1.165, 1.54) is 0 Å². The van der Waals surface area contributed by atoms with Crippen molar-refractivity contribution < 1.29 is 9.53 Å². The molecule has 3 nitrogen and oxygen atoms in total. The summed E-state index contributed by atoms with van der Waals surface area (Å²) in [5.41, 5.74) is 1.45. The van der Waals surface area contributed by atoms with Gasteiger partial charge in [-0.15, -0.1) is 0 Å². The quantitative estimate of drug-likeness (QED) is 0.827. The van der Waals surface area contributed by atoms with Crippen LogP contribution in [-0.4, -0.2) is 31.0 Å². The second-order valence-corrected chi connectivity index (χ2v) is 4.19. The number of rotatable bonds is 4. The molecule has 1 aromatic rings. The van der Waals surface area contributed by atoms with E-state index in [0.29, 0.717) is 29.4 Å². The molecule has 0 atom stereocenters. The molecule has 0 saturated carbocycles. The summed E-state index contributed by atoms with van der Waals surface area (Å²) in [6.07, 6.45) is 0. The average Bonchev–Trinajstić information content (AvgIpc) is 2.33. The van der Waals surface area contributed by atoms with Crippen LogP contribution in [0.25, 0.3) is 0 Å². The maximum absolute atomic E-state index is 12.3. The first-order valence-electron chi connectivity index (χ1n) is 5.68. The topological polar surface area (TPSA) is 29.5 Å². The monoisotopic (exact) mass is 255 g/mol. The minimum atomic E-state index is -0.0217. The molecule has 1 rings (SSSR count). The first kappa shape index (κ1) is 13.8. The largest absolute Gasteiger partial charge is 0.496 e. The number of nitrogens with zero attached hydrogens (tertiary/aromatic N) is 1. The summed E-state index contributed by atoms with van der Waals surface area (Å²) in [7, 11) is 1.54. The molecule has 17 heavy (non-hydrogen) atoms. The zero-order valence-electron chi connectivity index (χ0n) is 10.7. The van der Waals surface area contributed by atoms with Gasteiger partial charge >= 0.3 is 0 Å². The number of aryl methyl sites for hydroxylation is 1. The van der Waals surface area contributed by atoms with Gasteiger partial charge in [-0.1, -0.05) is 11.6 Å². The molecule has 0 aliphatic rings. The first-order valence-corrected chi connectivity index (χ1v) is 6.06. The van der Waals surface area contributed by atoms with Gasteiger partial charge in [0, 0.05) is 18.1 Å². The molecular weight excluding hydrogens is 238 g/mol. The van der Waals surface area contributed by atoms with Gasteiger partial charge in [-0.3, -0.25) is 4.79 Å². The summed E-state index contributed by atoms with van der Waals surface area (Å²) in [6.45, 7) is 7.15. The van der Waals surface area contributed by atoms with Crippen LogP contribution < -0.4 is 4.74 Å². The third-order valence-electron chi connectivity index (χ3n) is 2.76. The van der Waals surface area contributed by atoms with Gasteiger partial charge in [-0.2, -0.15) is 0 Å². The van der Waals surface area contributed by atoms with Crippen LogP contribution in [-0.2, 0) is 0 Å². The second-order valence-electron chi connectivity index (χ2n) is 3.78. The molecule has 0 bridgehead atoms. The van der Waals surface area contributed by atoms with Crippen LogP contribution in [0.4, 0.5) is 0 Å². The predicted octanol–water partition coefficient (Wildman–Crippen LogP) is 3.14. The van der Waals surface area contributed by atoms with Crippen molar-refractivity contribution in [1.29, 1.82) is 0 Å². The lowest BCUT2D eigenvalue weighted by atomic mass is 10.1. The van der Waals surface area contributed by atoms with E-state index < -0.39 is 0 Å². The van der Waals surface area contributed by atoms with Crippen LogP contribution in [0.1, 0.15) is 29.8 Å². The highest BCUT2D eigenvalue weighted by Crippen LogP contribution is 2.27. The number of amides is 1. The highest BCUT2D eigenvalue weighted by molar-refractivity contribution is 6.31. The van der Waals surface area contributed by atoms with E-state index in [1.54, 1.807) is 24.1 Å². The third-order valence-corrected chi connectivity index (χ3v) is 3.17. The third kappa shape index (κ3) is 2.91. The standard InChI is InChI=1S/C13H18ClNO2/c1-5-15(6-2)13(16)10-7-9(3)11(14)8-12(10)17-4/h7-8H,5-6H2,1-4H3. The summed E-state index contributed by atoms with van der Waals surface area (Å²) < 4.78 is 5.21. The number of methoxy groups -OCH3 is 1. The molecule has 0 spiro atoms. The maximum Gasteiger partial charge on any atom is 0.257 e. The van der Waals surface area contributed by atoms with Crippen LogP contribution in [0.15, 0.2) is 12.1 Å². The van der Waals surface area contributed by atoms with Gasteiger partial charge < -0.3 is 9.64 Å². The molecule has 0 saturated heterocycles.